The molecule has 2 heteroatoms. The van der Waals surface area contributed by atoms with Crippen molar-refractivity contribution in [3.05, 3.63) is 21.9 Å². The lowest BCUT2D eigenvalue weighted by Gasteiger charge is -2.14. The quantitative estimate of drug-likeness (QED) is 0.723. The highest BCUT2D eigenvalue weighted by Gasteiger charge is 2.12. The van der Waals surface area contributed by atoms with Gasteiger partial charge in [-0.1, -0.05) is 13.8 Å². The number of hydrogen-bond donors (Lipinski definition) is 1. The van der Waals surface area contributed by atoms with Gasteiger partial charge in [-0.2, -0.15) is 0 Å². The van der Waals surface area contributed by atoms with Crippen LogP contribution in [0.1, 0.15) is 30.3 Å². The van der Waals surface area contributed by atoms with E-state index in [1.165, 1.54) is 10.4 Å². The summed E-state index contributed by atoms with van der Waals surface area (Å²) in [6.07, 6.45) is 0. The maximum Gasteiger partial charge on any atom is 0.0329 e. The van der Waals surface area contributed by atoms with Crippen molar-refractivity contribution in [3.63, 3.8) is 0 Å². The lowest BCUT2D eigenvalue weighted by molar-refractivity contribution is 0.514. The molecule has 1 nitrogen and oxygen atoms in total. The zero-order chi connectivity index (χ0) is 8.43. The van der Waals surface area contributed by atoms with Crippen molar-refractivity contribution in [2.24, 2.45) is 11.7 Å². The number of thiophene rings is 1. The lowest BCUT2D eigenvalue weighted by atomic mass is 9.98. The van der Waals surface area contributed by atoms with Crippen LogP contribution in [0.15, 0.2) is 11.4 Å². The van der Waals surface area contributed by atoms with E-state index in [4.69, 9.17) is 5.73 Å². The molecule has 0 amide bonds. The summed E-state index contributed by atoms with van der Waals surface area (Å²) in [5.74, 6) is 0.531. The van der Waals surface area contributed by atoms with Crippen LogP contribution in [-0.2, 0) is 0 Å². The minimum atomic E-state index is 0.209. The second kappa shape index (κ2) is 3.37. The third-order valence-electron chi connectivity index (χ3n) is 1.98. The highest BCUT2D eigenvalue weighted by Crippen LogP contribution is 2.25. The van der Waals surface area contributed by atoms with Gasteiger partial charge in [0.1, 0.15) is 0 Å². The number of rotatable bonds is 2. The van der Waals surface area contributed by atoms with Gasteiger partial charge in [0.25, 0.3) is 0 Å². The van der Waals surface area contributed by atoms with E-state index in [-0.39, 0.29) is 6.04 Å². The van der Waals surface area contributed by atoms with Crippen molar-refractivity contribution in [1.29, 1.82) is 0 Å². The molecule has 0 fully saturated rings. The first-order chi connectivity index (χ1) is 5.13. The normalized spacial score (nSPS) is 13.9. The molecule has 1 heterocycles. The Kier molecular flexibility index (Phi) is 2.68. The highest BCUT2D eigenvalue weighted by molar-refractivity contribution is 7.10. The Labute approximate surface area is 72.2 Å². The van der Waals surface area contributed by atoms with Gasteiger partial charge in [-0.25, -0.2) is 0 Å². The van der Waals surface area contributed by atoms with Crippen LogP contribution in [0.3, 0.4) is 0 Å². The summed E-state index contributed by atoms with van der Waals surface area (Å²) in [7, 11) is 0. The molecule has 0 aliphatic heterocycles. The van der Waals surface area contributed by atoms with Crippen molar-refractivity contribution in [2.45, 2.75) is 26.8 Å². The van der Waals surface area contributed by atoms with Crippen LogP contribution >= 0.6 is 11.3 Å². The second-order valence-corrected chi connectivity index (χ2v) is 4.32. The minimum absolute atomic E-state index is 0.209. The zero-order valence-electron chi connectivity index (χ0n) is 7.29. The van der Waals surface area contributed by atoms with Gasteiger partial charge in [0.2, 0.25) is 0 Å². The van der Waals surface area contributed by atoms with Gasteiger partial charge in [-0.15, -0.1) is 11.3 Å². The molecule has 0 aliphatic rings. The van der Waals surface area contributed by atoms with Crippen LogP contribution in [0, 0.1) is 12.8 Å². The van der Waals surface area contributed by atoms with Crippen LogP contribution in [-0.4, -0.2) is 0 Å². The van der Waals surface area contributed by atoms with Gasteiger partial charge < -0.3 is 5.73 Å². The smallest absolute Gasteiger partial charge is 0.0329 e. The molecule has 0 aliphatic carbocycles. The van der Waals surface area contributed by atoms with Gasteiger partial charge in [-0.3, -0.25) is 0 Å². The molecule has 1 aromatic rings. The molecule has 11 heavy (non-hydrogen) atoms. The summed E-state index contributed by atoms with van der Waals surface area (Å²) in [5.41, 5.74) is 7.30. The largest absolute Gasteiger partial charge is 0.324 e. The average Bonchev–Trinajstić information content (AvgIpc) is 2.33. The molecule has 0 aromatic carbocycles. The molecule has 2 N–H and O–H groups in total. The molecule has 0 spiro atoms. The topological polar surface area (TPSA) is 26.0 Å². The Morgan fingerprint density at radius 3 is 2.45 bits per heavy atom. The van der Waals surface area contributed by atoms with E-state index in [2.05, 4.69) is 32.2 Å². The molecule has 1 rings (SSSR count). The molecule has 1 aromatic heterocycles. The number of aryl methyl sites for hydroxylation is 1. The zero-order valence-corrected chi connectivity index (χ0v) is 8.11. The summed E-state index contributed by atoms with van der Waals surface area (Å²) < 4.78 is 0. The SMILES string of the molecule is Cc1sccc1C(N)C(C)C. The van der Waals surface area contributed by atoms with Gasteiger partial charge in [0, 0.05) is 10.9 Å². The summed E-state index contributed by atoms with van der Waals surface area (Å²) >= 11 is 1.77. The molecular weight excluding hydrogens is 154 g/mol. The lowest BCUT2D eigenvalue weighted by Crippen LogP contribution is -2.16. The van der Waals surface area contributed by atoms with Crippen molar-refractivity contribution < 1.29 is 0 Å². The second-order valence-electron chi connectivity index (χ2n) is 3.20. The van der Waals surface area contributed by atoms with E-state index in [0.29, 0.717) is 5.92 Å². The molecule has 62 valence electrons. The van der Waals surface area contributed by atoms with Crippen LogP contribution in [0.4, 0.5) is 0 Å². The van der Waals surface area contributed by atoms with Gasteiger partial charge in [-0.05, 0) is 29.9 Å². The Morgan fingerprint density at radius 2 is 2.09 bits per heavy atom. The van der Waals surface area contributed by atoms with Gasteiger partial charge >= 0.3 is 0 Å². The molecule has 1 unspecified atom stereocenters. The first-order valence-electron chi connectivity index (χ1n) is 3.92. The first kappa shape index (κ1) is 8.75. The monoisotopic (exact) mass is 169 g/mol. The predicted molar refractivity (Wildman–Crippen MR) is 50.8 cm³/mol. The van der Waals surface area contributed by atoms with Gasteiger partial charge in [0.05, 0.1) is 0 Å². The molecule has 1 atom stereocenters. The van der Waals surface area contributed by atoms with Crippen molar-refractivity contribution in [3.8, 4) is 0 Å². The van der Waals surface area contributed by atoms with E-state index in [0.717, 1.165) is 0 Å². The molecule has 0 bridgehead atoms. The van der Waals surface area contributed by atoms with Gasteiger partial charge in [0.15, 0.2) is 0 Å². The number of nitrogens with two attached hydrogens (primary N) is 1. The van der Waals surface area contributed by atoms with E-state index in [1.54, 1.807) is 11.3 Å². The minimum Gasteiger partial charge on any atom is -0.324 e. The highest BCUT2D eigenvalue weighted by atomic mass is 32.1. The summed E-state index contributed by atoms with van der Waals surface area (Å²) in [6, 6.07) is 2.34. The van der Waals surface area contributed by atoms with Crippen LogP contribution in [0.2, 0.25) is 0 Å². The van der Waals surface area contributed by atoms with Crippen LogP contribution in [0.5, 0.6) is 0 Å². The fourth-order valence-corrected chi connectivity index (χ4v) is 1.86. The van der Waals surface area contributed by atoms with Crippen LogP contribution < -0.4 is 5.73 Å². The Bertz CT molecular complexity index is 227. The maximum absolute atomic E-state index is 5.99. The van der Waals surface area contributed by atoms with Crippen LogP contribution in [0.25, 0.3) is 0 Å². The Hall–Kier alpha value is -0.340. The van der Waals surface area contributed by atoms with E-state index in [1.807, 2.05) is 0 Å². The van der Waals surface area contributed by atoms with E-state index in [9.17, 15) is 0 Å². The standard InChI is InChI=1S/C9H15NS/c1-6(2)9(10)8-4-5-11-7(8)3/h4-6,9H,10H2,1-3H3. The third-order valence-corrected chi connectivity index (χ3v) is 2.84. The Balaban J connectivity index is 2.84. The maximum atomic E-state index is 5.99. The average molecular weight is 169 g/mol. The summed E-state index contributed by atoms with van der Waals surface area (Å²) in [4.78, 5) is 1.35. The fraction of sp³-hybridized carbons (Fsp3) is 0.556. The summed E-state index contributed by atoms with van der Waals surface area (Å²) in [5, 5.41) is 2.10. The van der Waals surface area contributed by atoms with Crippen molar-refractivity contribution >= 4 is 11.3 Å². The molecule has 0 radical (unpaired) electrons. The van der Waals surface area contributed by atoms with Crippen molar-refractivity contribution in [2.75, 3.05) is 0 Å². The molecule has 0 saturated heterocycles. The first-order valence-corrected chi connectivity index (χ1v) is 4.80. The van der Waals surface area contributed by atoms with E-state index >= 15 is 0 Å². The summed E-state index contributed by atoms with van der Waals surface area (Å²) in [6.45, 7) is 6.44. The predicted octanol–water partition coefficient (Wildman–Crippen LogP) is 2.71. The Morgan fingerprint density at radius 1 is 1.45 bits per heavy atom. The molecular formula is C9H15NS. The van der Waals surface area contributed by atoms with Crippen molar-refractivity contribution in [1.82, 2.24) is 0 Å². The molecule has 0 saturated carbocycles. The van der Waals surface area contributed by atoms with E-state index < -0.39 is 0 Å². The fourth-order valence-electron chi connectivity index (χ4n) is 1.10. The number of hydrogen-bond acceptors (Lipinski definition) is 2. The third kappa shape index (κ3) is 1.82.